The van der Waals surface area contributed by atoms with Gasteiger partial charge >= 0.3 is 0 Å². The van der Waals surface area contributed by atoms with E-state index in [1.165, 1.54) is 5.56 Å². The van der Waals surface area contributed by atoms with Gasteiger partial charge in [-0.1, -0.05) is 0 Å². The molecule has 1 atom stereocenters. The van der Waals surface area contributed by atoms with Gasteiger partial charge in [0.05, 0.1) is 6.07 Å². The number of carbonyl (C=O) groups is 1. The van der Waals surface area contributed by atoms with Crippen LogP contribution in [0.4, 0.5) is 0 Å². The third kappa shape index (κ3) is 3.58. The van der Waals surface area contributed by atoms with Crippen molar-refractivity contribution >= 4 is 17.2 Å². The quantitative estimate of drug-likeness (QED) is 0.819. The maximum Gasteiger partial charge on any atom is 0.234 e. The molecule has 1 aromatic heterocycles. The molecule has 0 saturated heterocycles. The predicted octanol–water partition coefficient (Wildman–Crippen LogP) is 1.71. The number of nitrogens with one attached hydrogen (secondary N) is 1. The van der Waals surface area contributed by atoms with Gasteiger partial charge in [-0.2, -0.15) is 16.6 Å². The van der Waals surface area contributed by atoms with Gasteiger partial charge in [0.15, 0.2) is 0 Å². The van der Waals surface area contributed by atoms with Gasteiger partial charge in [-0.3, -0.25) is 4.79 Å². The largest absolute Gasteiger partial charge is 0.352 e. The fourth-order valence-corrected chi connectivity index (χ4v) is 1.89. The first kappa shape index (κ1) is 10.7. The van der Waals surface area contributed by atoms with E-state index in [1.54, 1.807) is 11.3 Å². The second-order valence-corrected chi connectivity index (χ2v) is 3.92. The number of carbonyl (C=O) groups excluding carboxylic acids is 1. The Bertz CT molecular complexity index is 326. The number of nitrogens with zero attached hydrogens (tertiary/aromatic N) is 1. The van der Waals surface area contributed by atoms with Gasteiger partial charge < -0.3 is 5.32 Å². The Morgan fingerprint density at radius 1 is 1.79 bits per heavy atom. The predicted molar refractivity (Wildman–Crippen MR) is 55.9 cm³/mol. The van der Waals surface area contributed by atoms with Crippen molar-refractivity contribution < 1.29 is 4.79 Å². The Morgan fingerprint density at radius 3 is 3.14 bits per heavy atom. The number of hydrogen-bond donors (Lipinski definition) is 1. The zero-order chi connectivity index (χ0) is 10.4. The van der Waals surface area contributed by atoms with E-state index in [0.717, 1.165) is 6.42 Å². The first-order chi connectivity index (χ1) is 6.72. The monoisotopic (exact) mass is 208 g/mol. The summed E-state index contributed by atoms with van der Waals surface area (Å²) in [5.41, 5.74) is 1.22. The summed E-state index contributed by atoms with van der Waals surface area (Å²) in [4.78, 5) is 11.1. The molecule has 1 heterocycles. The molecule has 1 aromatic rings. The van der Waals surface area contributed by atoms with E-state index >= 15 is 0 Å². The standard InChI is InChI=1S/C10H12N2OS/c1-8(12-10(13)2-4-11)6-9-3-5-14-7-9/h3,5,7-8H,2,6H2,1H3,(H,12,13). The summed E-state index contributed by atoms with van der Waals surface area (Å²) in [6, 6.07) is 3.95. The fraction of sp³-hybridized carbons (Fsp3) is 0.400. The van der Waals surface area contributed by atoms with Crippen LogP contribution >= 0.6 is 11.3 Å². The molecule has 0 aromatic carbocycles. The molecule has 0 aliphatic rings. The van der Waals surface area contributed by atoms with Crippen LogP contribution in [-0.4, -0.2) is 11.9 Å². The van der Waals surface area contributed by atoms with Crippen LogP contribution in [0.25, 0.3) is 0 Å². The lowest BCUT2D eigenvalue weighted by molar-refractivity contribution is -0.120. The van der Waals surface area contributed by atoms with Crippen molar-refractivity contribution in [1.29, 1.82) is 5.26 Å². The minimum absolute atomic E-state index is 0.0615. The molecule has 1 rings (SSSR count). The van der Waals surface area contributed by atoms with E-state index in [9.17, 15) is 4.79 Å². The first-order valence-corrected chi connectivity index (χ1v) is 5.34. The summed E-state index contributed by atoms with van der Waals surface area (Å²) in [6.07, 6.45) is 0.759. The molecule has 74 valence electrons. The highest BCUT2D eigenvalue weighted by molar-refractivity contribution is 7.07. The Kier molecular flexibility index (Phi) is 4.14. The second kappa shape index (κ2) is 5.40. The molecule has 0 radical (unpaired) electrons. The van der Waals surface area contributed by atoms with Gasteiger partial charge in [0.25, 0.3) is 0 Å². The second-order valence-electron chi connectivity index (χ2n) is 3.14. The molecule has 4 heteroatoms. The van der Waals surface area contributed by atoms with Crippen molar-refractivity contribution in [2.24, 2.45) is 0 Å². The smallest absolute Gasteiger partial charge is 0.234 e. The maximum absolute atomic E-state index is 11.1. The summed E-state index contributed by atoms with van der Waals surface area (Å²) < 4.78 is 0. The van der Waals surface area contributed by atoms with E-state index in [0.29, 0.717) is 0 Å². The average Bonchev–Trinajstić information content (AvgIpc) is 2.56. The van der Waals surface area contributed by atoms with E-state index in [4.69, 9.17) is 5.26 Å². The third-order valence-electron chi connectivity index (χ3n) is 1.77. The lowest BCUT2D eigenvalue weighted by Gasteiger charge is -2.11. The Balaban J connectivity index is 2.33. The zero-order valence-corrected chi connectivity index (χ0v) is 8.80. The van der Waals surface area contributed by atoms with Crippen molar-refractivity contribution in [2.45, 2.75) is 25.8 Å². The fourth-order valence-electron chi connectivity index (χ4n) is 1.21. The molecular formula is C10H12N2OS. The van der Waals surface area contributed by atoms with Crippen LogP contribution < -0.4 is 5.32 Å². The Labute approximate surface area is 87.4 Å². The van der Waals surface area contributed by atoms with E-state index in [-0.39, 0.29) is 18.4 Å². The average molecular weight is 208 g/mol. The van der Waals surface area contributed by atoms with Crippen LogP contribution in [0.2, 0.25) is 0 Å². The zero-order valence-electron chi connectivity index (χ0n) is 7.99. The highest BCUT2D eigenvalue weighted by Gasteiger charge is 2.07. The van der Waals surface area contributed by atoms with Crippen molar-refractivity contribution in [3.63, 3.8) is 0 Å². The molecule has 0 spiro atoms. The highest BCUT2D eigenvalue weighted by atomic mass is 32.1. The van der Waals surface area contributed by atoms with E-state index in [2.05, 4.69) is 10.7 Å². The molecule has 14 heavy (non-hydrogen) atoms. The summed E-state index contributed by atoms with van der Waals surface area (Å²) in [5, 5.41) is 15.1. The molecule has 0 aliphatic heterocycles. The minimum Gasteiger partial charge on any atom is -0.352 e. The molecule has 3 nitrogen and oxygen atoms in total. The van der Waals surface area contributed by atoms with Gasteiger partial charge in [0, 0.05) is 6.04 Å². The SMILES string of the molecule is CC(Cc1ccsc1)NC(=O)CC#N. The Morgan fingerprint density at radius 2 is 2.57 bits per heavy atom. The molecule has 0 saturated carbocycles. The normalized spacial score (nSPS) is 11.7. The van der Waals surface area contributed by atoms with Gasteiger partial charge in [-0.05, 0) is 35.7 Å². The topological polar surface area (TPSA) is 52.9 Å². The van der Waals surface area contributed by atoms with Crippen molar-refractivity contribution in [1.82, 2.24) is 5.32 Å². The number of hydrogen-bond acceptors (Lipinski definition) is 3. The van der Waals surface area contributed by atoms with Crippen LogP contribution in [0.3, 0.4) is 0 Å². The van der Waals surface area contributed by atoms with Gasteiger partial charge in [-0.15, -0.1) is 0 Å². The van der Waals surface area contributed by atoms with Crippen molar-refractivity contribution in [2.75, 3.05) is 0 Å². The van der Waals surface area contributed by atoms with Crippen LogP contribution in [-0.2, 0) is 11.2 Å². The molecule has 1 amide bonds. The Hall–Kier alpha value is -1.34. The van der Waals surface area contributed by atoms with Gasteiger partial charge in [0.2, 0.25) is 5.91 Å². The van der Waals surface area contributed by atoms with Gasteiger partial charge in [-0.25, -0.2) is 0 Å². The summed E-state index contributed by atoms with van der Waals surface area (Å²) in [6.45, 7) is 1.94. The number of thiophene rings is 1. The summed E-state index contributed by atoms with van der Waals surface area (Å²) >= 11 is 1.65. The lowest BCUT2D eigenvalue weighted by atomic mass is 10.1. The van der Waals surface area contributed by atoms with Crippen LogP contribution in [0.15, 0.2) is 16.8 Å². The number of nitriles is 1. The van der Waals surface area contributed by atoms with Crippen LogP contribution in [0.1, 0.15) is 18.9 Å². The van der Waals surface area contributed by atoms with Gasteiger partial charge in [0.1, 0.15) is 6.42 Å². The molecule has 1 unspecified atom stereocenters. The molecule has 0 aliphatic carbocycles. The first-order valence-electron chi connectivity index (χ1n) is 4.39. The molecule has 0 bridgehead atoms. The lowest BCUT2D eigenvalue weighted by Crippen LogP contribution is -2.33. The van der Waals surface area contributed by atoms with Crippen molar-refractivity contribution in [3.05, 3.63) is 22.4 Å². The summed E-state index contributed by atoms with van der Waals surface area (Å²) in [7, 11) is 0. The van der Waals surface area contributed by atoms with Crippen LogP contribution in [0, 0.1) is 11.3 Å². The highest BCUT2D eigenvalue weighted by Crippen LogP contribution is 2.08. The van der Waals surface area contributed by atoms with E-state index < -0.39 is 0 Å². The number of amides is 1. The molecular weight excluding hydrogens is 196 g/mol. The molecule has 1 N–H and O–H groups in total. The maximum atomic E-state index is 11.1. The summed E-state index contributed by atoms with van der Waals surface area (Å²) in [5.74, 6) is -0.199. The molecule has 0 fully saturated rings. The minimum atomic E-state index is -0.199. The number of rotatable bonds is 4. The van der Waals surface area contributed by atoms with Crippen LogP contribution in [0.5, 0.6) is 0 Å². The van der Waals surface area contributed by atoms with Crippen molar-refractivity contribution in [3.8, 4) is 6.07 Å². The van der Waals surface area contributed by atoms with E-state index in [1.807, 2.05) is 24.4 Å². The third-order valence-corrected chi connectivity index (χ3v) is 2.50.